The minimum absolute atomic E-state index is 0.0546. The fraction of sp³-hybridized carbons (Fsp3) is 0.600. The molecule has 3 heterocycles. The van der Waals surface area contributed by atoms with Crippen LogP contribution in [0.4, 0.5) is 0 Å². The van der Waals surface area contributed by atoms with Gasteiger partial charge < -0.3 is 15.0 Å². The molecule has 1 aliphatic rings. The molecule has 3 rings (SSSR count). The summed E-state index contributed by atoms with van der Waals surface area (Å²) in [6, 6.07) is 1.86. The third-order valence-corrected chi connectivity index (χ3v) is 5.76. The van der Waals surface area contributed by atoms with E-state index in [9.17, 15) is 14.7 Å². The van der Waals surface area contributed by atoms with Crippen molar-refractivity contribution in [3.8, 4) is 0 Å². The van der Waals surface area contributed by atoms with E-state index in [4.69, 9.17) is 0 Å². The number of rotatable bonds is 7. The lowest BCUT2D eigenvalue weighted by molar-refractivity contribution is -0.141. The first kappa shape index (κ1) is 19.3. The number of piperidine rings is 1. The minimum Gasteiger partial charge on any atom is -0.481 e. The van der Waals surface area contributed by atoms with Crippen LogP contribution < -0.4 is 0 Å². The van der Waals surface area contributed by atoms with E-state index in [0.717, 1.165) is 36.1 Å². The number of pyridine rings is 1. The number of aromatic nitrogens is 3. The van der Waals surface area contributed by atoms with Crippen molar-refractivity contribution in [2.45, 2.75) is 46.0 Å². The molecular weight excluding hydrogens is 344 g/mol. The highest BCUT2D eigenvalue weighted by Gasteiger charge is 2.34. The first-order chi connectivity index (χ1) is 13.0. The number of hydrogen-bond donors (Lipinski definition) is 2. The van der Waals surface area contributed by atoms with E-state index in [-0.39, 0.29) is 30.1 Å². The first-order valence-electron chi connectivity index (χ1n) is 9.81. The van der Waals surface area contributed by atoms with Crippen molar-refractivity contribution in [2.75, 3.05) is 13.1 Å². The van der Waals surface area contributed by atoms with Gasteiger partial charge in [0.15, 0.2) is 0 Å². The molecule has 0 bridgehead atoms. The summed E-state index contributed by atoms with van der Waals surface area (Å²) in [5.74, 6) is 0.446. The van der Waals surface area contributed by atoms with Crippen LogP contribution in [-0.2, 0) is 16.0 Å². The Bertz CT molecular complexity index is 766. The summed E-state index contributed by atoms with van der Waals surface area (Å²) in [6.07, 6.45) is 6.63. The number of carbonyl (C=O) groups excluding carboxylic acids is 1. The Morgan fingerprint density at radius 3 is 2.78 bits per heavy atom. The predicted octanol–water partition coefficient (Wildman–Crippen LogP) is 2.88. The van der Waals surface area contributed by atoms with Gasteiger partial charge in [0.25, 0.3) is 0 Å². The van der Waals surface area contributed by atoms with Crippen LogP contribution in [0.1, 0.15) is 45.4 Å². The number of fused-ring (bicyclic) bond motifs is 1. The number of carboxylic acid groups (broad SMARTS) is 1. The molecule has 0 radical (unpaired) electrons. The normalized spacial score (nSPS) is 20.3. The second-order valence-electron chi connectivity index (χ2n) is 7.48. The molecule has 27 heavy (non-hydrogen) atoms. The van der Waals surface area contributed by atoms with Gasteiger partial charge in [0.05, 0.1) is 17.2 Å². The molecule has 0 saturated carbocycles. The molecule has 1 saturated heterocycles. The number of likely N-dealkylation sites (tertiary alicyclic amines) is 1. The maximum Gasteiger partial charge on any atom is 0.303 e. The van der Waals surface area contributed by atoms with Gasteiger partial charge in [-0.15, -0.1) is 0 Å². The van der Waals surface area contributed by atoms with Gasteiger partial charge >= 0.3 is 5.97 Å². The van der Waals surface area contributed by atoms with Crippen molar-refractivity contribution in [1.29, 1.82) is 0 Å². The summed E-state index contributed by atoms with van der Waals surface area (Å²) >= 11 is 0. The van der Waals surface area contributed by atoms with Gasteiger partial charge in [-0.25, -0.2) is 4.98 Å². The number of imidazole rings is 1. The van der Waals surface area contributed by atoms with Gasteiger partial charge in [0, 0.05) is 38.0 Å². The minimum atomic E-state index is -0.779. The monoisotopic (exact) mass is 372 g/mol. The highest BCUT2D eigenvalue weighted by molar-refractivity contribution is 5.79. The number of nitrogens with zero attached hydrogens (tertiary/aromatic N) is 3. The molecular formula is C20H28N4O3. The lowest BCUT2D eigenvalue weighted by Gasteiger charge is -2.39. The Balaban J connectivity index is 1.77. The molecule has 1 aliphatic heterocycles. The predicted molar refractivity (Wildman–Crippen MR) is 102 cm³/mol. The van der Waals surface area contributed by atoms with Crippen LogP contribution in [0, 0.1) is 17.8 Å². The van der Waals surface area contributed by atoms with Crippen molar-refractivity contribution in [1.82, 2.24) is 19.9 Å². The zero-order valence-corrected chi connectivity index (χ0v) is 16.0. The van der Waals surface area contributed by atoms with Crippen LogP contribution in [0.15, 0.2) is 18.5 Å². The molecule has 2 aromatic rings. The zero-order valence-electron chi connectivity index (χ0n) is 16.0. The molecule has 7 heteroatoms. The molecule has 0 aromatic carbocycles. The molecule has 2 N–H and O–H groups in total. The zero-order chi connectivity index (χ0) is 19.4. The smallest absolute Gasteiger partial charge is 0.303 e. The van der Waals surface area contributed by atoms with E-state index in [1.54, 1.807) is 12.4 Å². The third kappa shape index (κ3) is 4.46. The van der Waals surface area contributed by atoms with Crippen LogP contribution >= 0.6 is 0 Å². The summed E-state index contributed by atoms with van der Waals surface area (Å²) in [5, 5.41) is 9.29. The highest BCUT2D eigenvalue weighted by atomic mass is 16.4. The maximum absolute atomic E-state index is 12.8. The van der Waals surface area contributed by atoms with E-state index < -0.39 is 5.97 Å². The number of H-pyrrole nitrogens is 1. The Morgan fingerprint density at radius 1 is 1.33 bits per heavy atom. The van der Waals surface area contributed by atoms with Gasteiger partial charge in [0.1, 0.15) is 5.82 Å². The van der Waals surface area contributed by atoms with Crippen LogP contribution in [0.25, 0.3) is 11.0 Å². The van der Waals surface area contributed by atoms with Crippen molar-refractivity contribution in [3.05, 3.63) is 24.3 Å². The summed E-state index contributed by atoms with van der Waals surface area (Å²) in [5.41, 5.74) is 1.73. The number of aliphatic carboxylic acids is 1. The lowest BCUT2D eigenvalue weighted by atomic mass is 9.80. The first-order valence-corrected chi connectivity index (χ1v) is 9.81. The maximum atomic E-state index is 12.8. The van der Waals surface area contributed by atoms with Gasteiger partial charge in [-0.05, 0) is 37.2 Å². The summed E-state index contributed by atoms with van der Waals surface area (Å²) in [7, 11) is 0. The topological polar surface area (TPSA) is 99.2 Å². The number of carboxylic acids is 1. The molecule has 1 amide bonds. The number of amides is 1. The molecule has 146 valence electrons. The molecule has 0 spiro atoms. The number of hydrogen-bond acceptors (Lipinski definition) is 4. The average Bonchev–Trinajstić information content (AvgIpc) is 3.06. The Kier molecular flexibility index (Phi) is 6.08. The van der Waals surface area contributed by atoms with E-state index in [0.29, 0.717) is 19.5 Å². The number of carbonyl (C=O) groups is 2. The van der Waals surface area contributed by atoms with Crippen molar-refractivity contribution in [2.24, 2.45) is 17.8 Å². The molecule has 2 unspecified atom stereocenters. The van der Waals surface area contributed by atoms with E-state index in [2.05, 4.69) is 15.0 Å². The fourth-order valence-electron chi connectivity index (χ4n) is 4.16. The SMILES string of the molecule is CCC(CC)C(=O)N1CCC(CC(=O)O)C(Cc2nc3ccncc3[nH]2)C1. The Labute approximate surface area is 159 Å². The van der Waals surface area contributed by atoms with Crippen molar-refractivity contribution in [3.63, 3.8) is 0 Å². The molecule has 7 nitrogen and oxygen atoms in total. The number of nitrogens with one attached hydrogen (secondary N) is 1. The summed E-state index contributed by atoms with van der Waals surface area (Å²) < 4.78 is 0. The third-order valence-electron chi connectivity index (χ3n) is 5.76. The van der Waals surface area contributed by atoms with E-state index in [1.807, 2.05) is 24.8 Å². The van der Waals surface area contributed by atoms with Crippen LogP contribution in [0.3, 0.4) is 0 Å². The molecule has 2 atom stereocenters. The van der Waals surface area contributed by atoms with Gasteiger partial charge in [0.2, 0.25) is 5.91 Å². The summed E-state index contributed by atoms with van der Waals surface area (Å²) in [4.78, 5) is 38.0. The number of aromatic amines is 1. The van der Waals surface area contributed by atoms with Crippen molar-refractivity contribution < 1.29 is 14.7 Å². The second kappa shape index (κ2) is 8.50. The highest BCUT2D eigenvalue weighted by Crippen LogP contribution is 2.31. The van der Waals surface area contributed by atoms with E-state index in [1.165, 1.54) is 0 Å². The van der Waals surface area contributed by atoms with Crippen LogP contribution in [0.5, 0.6) is 0 Å². The molecule has 2 aromatic heterocycles. The largest absolute Gasteiger partial charge is 0.481 e. The van der Waals surface area contributed by atoms with Gasteiger partial charge in [-0.1, -0.05) is 13.8 Å². The van der Waals surface area contributed by atoms with Crippen molar-refractivity contribution >= 4 is 22.9 Å². The standard InChI is InChI=1S/C20H28N4O3/c1-3-13(4-2)20(27)24-8-6-14(10-19(25)26)15(12-24)9-18-22-16-5-7-21-11-17(16)23-18/h5,7,11,13-15H,3-4,6,8-10,12H2,1-2H3,(H,22,23)(H,25,26). The molecule has 0 aliphatic carbocycles. The average molecular weight is 372 g/mol. The van der Waals surface area contributed by atoms with Gasteiger partial charge in [-0.2, -0.15) is 0 Å². The summed E-state index contributed by atoms with van der Waals surface area (Å²) in [6.45, 7) is 5.34. The van der Waals surface area contributed by atoms with Gasteiger partial charge in [-0.3, -0.25) is 14.6 Å². The lowest BCUT2D eigenvalue weighted by Crippen LogP contribution is -2.47. The van der Waals surface area contributed by atoms with Crippen LogP contribution in [-0.4, -0.2) is 49.9 Å². The second-order valence-corrected chi connectivity index (χ2v) is 7.48. The Morgan fingerprint density at radius 2 is 2.11 bits per heavy atom. The quantitative estimate of drug-likeness (QED) is 0.778. The fourth-order valence-corrected chi connectivity index (χ4v) is 4.16. The van der Waals surface area contributed by atoms with Crippen LogP contribution in [0.2, 0.25) is 0 Å². The molecule has 1 fully saturated rings. The Hall–Kier alpha value is -2.44. The van der Waals surface area contributed by atoms with E-state index >= 15 is 0 Å².